The van der Waals surface area contributed by atoms with Crippen LogP contribution in [0.5, 0.6) is 5.75 Å². The summed E-state index contributed by atoms with van der Waals surface area (Å²) in [4.78, 5) is 0. The van der Waals surface area contributed by atoms with Crippen LogP contribution in [0.1, 0.15) is 12.0 Å². The van der Waals surface area contributed by atoms with Crippen molar-refractivity contribution in [1.82, 2.24) is 4.31 Å². The zero-order chi connectivity index (χ0) is 13.9. The Hall–Kier alpha value is -1.45. The molecule has 0 amide bonds. The summed E-state index contributed by atoms with van der Waals surface area (Å²) < 4.78 is 1.92. The van der Waals surface area contributed by atoms with Gasteiger partial charge in [0.1, 0.15) is 5.75 Å². The van der Waals surface area contributed by atoms with Crippen LogP contribution in [0, 0.1) is 0 Å². The van der Waals surface area contributed by atoms with Gasteiger partial charge in [0.25, 0.3) is 0 Å². The number of nitrogens with zero attached hydrogens (tertiary/aromatic N) is 1. The maximum atomic E-state index is 8.63. The molecular formula is C16H21NOS. The van der Waals surface area contributed by atoms with Crippen LogP contribution in [-0.4, -0.2) is 23.0 Å². The van der Waals surface area contributed by atoms with Gasteiger partial charge in [-0.05, 0) is 37.6 Å². The summed E-state index contributed by atoms with van der Waals surface area (Å²) in [7, 11) is 1.98. The molecule has 0 saturated heterocycles. The maximum absolute atomic E-state index is 8.63. The van der Waals surface area contributed by atoms with E-state index in [-0.39, 0.29) is 0 Å². The second kappa shape index (κ2) is 9.48. The minimum Gasteiger partial charge on any atom is -0.508 e. The van der Waals surface area contributed by atoms with E-state index in [9.17, 15) is 0 Å². The number of hydrogen-bond donors (Lipinski definition) is 2. The molecule has 1 N–H and O–H groups in total. The Morgan fingerprint density at radius 1 is 0.947 bits per heavy atom. The molecule has 2 rings (SSSR count). The number of aryl methyl sites for hydroxylation is 1. The van der Waals surface area contributed by atoms with E-state index in [2.05, 4.69) is 37.1 Å². The second-order valence-corrected chi connectivity index (χ2v) is 4.99. The molecule has 19 heavy (non-hydrogen) atoms. The standard InChI is InChI=1S/C10H15NS.C6H6O/c1-11(12)9-5-8-10-6-3-2-4-7-10;7-6-4-2-1-3-5-6/h2-4,6-7,12H,5,8-9H2,1H3;1-5,7H. The van der Waals surface area contributed by atoms with Crippen molar-refractivity contribution < 1.29 is 5.11 Å². The molecule has 0 unspecified atom stereocenters. The molecule has 0 aliphatic carbocycles. The van der Waals surface area contributed by atoms with E-state index in [4.69, 9.17) is 5.11 Å². The van der Waals surface area contributed by atoms with E-state index < -0.39 is 0 Å². The fourth-order valence-electron chi connectivity index (χ4n) is 1.58. The van der Waals surface area contributed by atoms with Crippen LogP contribution in [-0.2, 0) is 6.42 Å². The van der Waals surface area contributed by atoms with Crippen LogP contribution >= 0.6 is 12.8 Å². The van der Waals surface area contributed by atoms with Gasteiger partial charge in [-0.2, -0.15) is 0 Å². The van der Waals surface area contributed by atoms with Gasteiger partial charge in [-0.1, -0.05) is 61.3 Å². The predicted octanol–water partition coefficient (Wildman–Crippen LogP) is 3.79. The second-order valence-electron chi connectivity index (χ2n) is 4.31. The molecule has 0 bridgehead atoms. The first kappa shape index (κ1) is 15.6. The van der Waals surface area contributed by atoms with Gasteiger partial charge >= 0.3 is 0 Å². The molecule has 0 spiro atoms. The SMILES string of the molecule is CN(S)CCCc1ccccc1.Oc1ccccc1. The Morgan fingerprint density at radius 2 is 1.47 bits per heavy atom. The average molecular weight is 275 g/mol. The number of para-hydroxylation sites is 1. The van der Waals surface area contributed by atoms with Gasteiger partial charge in [-0.3, -0.25) is 4.31 Å². The smallest absolute Gasteiger partial charge is 0.115 e. The molecular weight excluding hydrogens is 254 g/mol. The van der Waals surface area contributed by atoms with Gasteiger partial charge < -0.3 is 5.11 Å². The quantitative estimate of drug-likeness (QED) is 0.829. The molecule has 102 valence electrons. The van der Waals surface area contributed by atoms with Gasteiger partial charge in [-0.15, -0.1) is 0 Å². The number of thiol groups is 1. The number of benzene rings is 2. The topological polar surface area (TPSA) is 23.5 Å². The summed E-state index contributed by atoms with van der Waals surface area (Å²) in [5, 5.41) is 8.63. The molecule has 0 aliphatic rings. The fourth-order valence-corrected chi connectivity index (χ4v) is 1.73. The first-order valence-corrected chi connectivity index (χ1v) is 6.76. The molecule has 2 aromatic rings. The van der Waals surface area contributed by atoms with Crippen LogP contribution in [0.15, 0.2) is 60.7 Å². The molecule has 0 heterocycles. The summed E-state index contributed by atoms with van der Waals surface area (Å²) >= 11 is 4.18. The van der Waals surface area contributed by atoms with Crippen LogP contribution in [0.25, 0.3) is 0 Å². The van der Waals surface area contributed by atoms with Crippen molar-refractivity contribution in [3.05, 3.63) is 66.2 Å². The minimum atomic E-state index is 0.322. The van der Waals surface area contributed by atoms with Crippen molar-refractivity contribution in [3.63, 3.8) is 0 Å². The van der Waals surface area contributed by atoms with Crippen molar-refractivity contribution in [2.75, 3.05) is 13.6 Å². The van der Waals surface area contributed by atoms with Gasteiger partial charge in [0.15, 0.2) is 0 Å². The summed E-state index contributed by atoms with van der Waals surface area (Å²) in [5.74, 6) is 0.322. The van der Waals surface area contributed by atoms with Crippen molar-refractivity contribution in [1.29, 1.82) is 0 Å². The lowest BCUT2D eigenvalue weighted by Crippen LogP contribution is -2.07. The molecule has 0 aromatic heterocycles. The molecule has 3 heteroatoms. The molecule has 0 atom stereocenters. The van der Waals surface area contributed by atoms with Gasteiger partial charge in [0.2, 0.25) is 0 Å². The Labute approximate surface area is 121 Å². The zero-order valence-electron chi connectivity index (χ0n) is 11.2. The summed E-state index contributed by atoms with van der Waals surface area (Å²) in [6.07, 6.45) is 2.32. The van der Waals surface area contributed by atoms with Crippen LogP contribution in [0.4, 0.5) is 0 Å². The van der Waals surface area contributed by atoms with Crippen molar-refractivity contribution >= 4 is 12.8 Å². The highest BCUT2D eigenvalue weighted by Gasteiger charge is 1.93. The Bertz CT molecular complexity index is 431. The summed E-state index contributed by atoms with van der Waals surface area (Å²) in [6.45, 7) is 1.04. The molecule has 2 aromatic carbocycles. The molecule has 2 nitrogen and oxygen atoms in total. The minimum absolute atomic E-state index is 0.322. The van der Waals surface area contributed by atoms with Crippen LogP contribution in [0.2, 0.25) is 0 Å². The van der Waals surface area contributed by atoms with Crippen molar-refractivity contribution in [3.8, 4) is 5.75 Å². The third kappa shape index (κ3) is 8.30. The number of phenolic OH excluding ortho intramolecular Hbond substituents is 1. The van der Waals surface area contributed by atoms with E-state index in [1.807, 2.05) is 23.5 Å². The largest absolute Gasteiger partial charge is 0.508 e. The first-order chi connectivity index (χ1) is 9.18. The number of phenols is 1. The lowest BCUT2D eigenvalue weighted by Gasteiger charge is -2.07. The number of rotatable bonds is 4. The monoisotopic (exact) mass is 275 g/mol. The van der Waals surface area contributed by atoms with Crippen molar-refractivity contribution in [2.45, 2.75) is 12.8 Å². The summed E-state index contributed by atoms with van der Waals surface area (Å²) in [6, 6.07) is 19.3. The van der Waals surface area contributed by atoms with Gasteiger partial charge in [-0.25, -0.2) is 0 Å². The lowest BCUT2D eigenvalue weighted by molar-refractivity contribution is 0.475. The number of aromatic hydroxyl groups is 1. The van der Waals surface area contributed by atoms with Crippen LogP contribution in [0.3, 0.4) is 0 Å². The lowest BCUT2D eigenvalue weighted by atomic mass is 10.1. The predicted molar refractivity (Wildman–Crippen MR) is 84.5 cm³/mol. The fraction of sp³-hybridized carbons (Fsp3) is 0.250. The van der Waals surface area contributed by atoms with E-state index in [1.165, 1.54) is 12.0 Å². The third-order valence-electron chi connectivity index (χ3n) is 2.55. The number of hydrogen-bond acceptors (Lipinski definition) is 3. The summed E-state index contributed by atoms with van der Waals surface area (Å²) in [5.41, 5.74) is 1.41. The molecule has 0 radical (unpaired) electrons. The van der Waals surface area contributed by atoms with E-state index in [0.29, 0.717) is 5.75 Å². The van der Waals surface area contributed by atoms with Crippen LogP contribution < -0.4 is 0 Å². The molecule has 0 fully saturated rings. The van der Waals surface area contributed by atoms with Gasteiger partial charge in [0, 0.05) is 6.54 Å². The Morgan fingerprint density at radius 3 is 1.89 bits per heavy atom. The molecule has 0 aliphatic heterocycles. The van der Waals surface area contributed by atoms with E-state index in [1.54, 1.807) is 24.3 Å². The zero-order valence-corrected chi connectivity index (χ0v) is 12.1. The first-order valence-electron chi connectivity index (χ1n) is 6.36. The van der Waals surface area contributed by atoms with E-state index >= 15 is 0 Å². The highest BCUT2D eigenvalue weighted by atomic mass is 32.1. The van der Waals surface area contributed by atoms with Crippen molar-refractivity contribution in [2.24, 2.45) is 0 Å². The van der Waals surface area contributed by atoms with Gasteiger partial charge in [0.05, 0.1) is 0 Å². The average Bonchev–Trinajstić information content (AvgIpc) is 2.41. The van der Waals surface area contributed by atoms with E-state index in [0.717, 1.165) is 13.0 Å². The Balaban J connectivity index is 0.000000218. The molecule has 0 saturated carbocycles. The normalized spacial score (nSPS) is 9.84. The maximum Gasteiger partial charge on any atom is 0.115 e. The highest BCUT2D eigenvalue weighted by molar-refractivity contribution is 7.77. The third-order valence-corrected chi connectivity index (χ3v) is 2.75. The Kier molecular flexibility index (Phi) is 7.78. The highest BCUT2D eigenvalue weighted by Crippen LogP contribution is 2.03.